The van der Waals surface area contributed by atoms with Crippen LogP contribution in [0.1, 0.15) is 32.1 Å². The molecule has 1 rings (SSSR count). The zero-order chi connectivity index (χ0) is 10.9. The number of halogens is 1. The van der Waals surface area contributed by atoms with Crippen LogP contribution in [0.15, 0.2) is 0 Å². The molecule has 0 radical (unpaired) electrons. The lowest BCUT2D eigenvalue weighted by Crippen LogP contribution is -2.34. The van der Waals surface area contributed by atoms with Crippen molar-refractivity contribution in [2.75, 3.05) is 39.2 Å². The molecular formula is C12H24ClNO. The summed E-state index contributed by atoms with van der Waals surface area (Å²) >= 11 is 5.81. The van der Waals surface area contributed by atoms with E-state index >= 15 is 0 Å². The summed E-state index contributed by atoms with van der Waals surface area (Å²) in [6, 6.07) is 0. The molecule has 0 heterocycles. The van der Waals surface area contributed by atoms with Crippen molar-refractivity contribution in [3.05, 3.63) is 0 Å². The molecule has 1 saturated carbocycles. The minimum absolute atomic E-state index is 0.733. The van der Waals surface area contributed by atoms with Crippen LogP contribution in [0.2, 0.25) is 0 Å². The van der Waals surface area contributed by atoms with Gasteiger partial charge in [0.25, 0.3) is 0 Å². The van der Waals surface area contributed by atoms with Crippen LogP contribution in [0.3, 0.4) is 0 Å². The molecule has 3 heteroatoms. The highest BCUT2D eigenvalue weighted by atomic mass is 35.5. The molecule has 15 heavy (non-hydrogen) atoms. The third-order valence-corrected chi connectivity index (χ3v) is 3.42. The van der Waals surface area contributed by atoms with E-state index in [1.807, 2.05) is 0 Å². The van der Waals surface area contributed by atoms with E-state index in [0.29, 0.717) is 0 Å². The van der Waals surface area contributed by atoms with Crippen molar-refractivity contribution in [2.45, 2.75) is 32.1 Å². The number of rotatable bonds is 7. The fourth-order valence-corrected chi connectivity index (χ4v) is 2.61. The summed E-state index contributed by atoms with van der Waals surface area (Å²) in [4.78, 5) is 2.45. The monoisotopic (exact) mass is 233 g/mol. The molecule has 0 aromatic rings. The first-order chi connectivity index (χ1) is 7.36. The van der Waals surface area contributed by atoms with Crippen molar-refractivity contribution in [1.29, 1.82) is 0 Å². The summed E-state index contributed by atoms with van der Waals surface area (Å²) in [7, 11) is 1.76. The molecule has 0 aromatic heterocycles. The standard InChI is InChI=1S/C12H24ClNO/c1-15-10-9-14(8-7-13)11-12-5-3-2-4-6-12/h12H,2-11H2,1H3. The SMILES string of the molecule is COCCN(CCCl)CC1CCCCC1. The average molecular weight is 234 g/mol. The van der Waals surface area contributed by atoms with E-state index < -0.39 is 0 Å². The molecule has 0 amide bonds. The summed E-state index contributed by atoms with van der Waals surface area (Å²) in [6.07, 6.45) is 7.09. The van der Waals surface area contributed by atoms with Crippen molar-refractivity contribution >= 4 is 11.6 Å². The molecule has 1 aliphatic carbocycles. The molecule has 0 bridgehead atoms. The van der Waals surface area contributed by atoms with Crippen molar-refractivity contribution in [1.82, 2.24) is 4.90 Å². The maximum Gasteiger partial charge on any atom is 0.0589 e. The van der Waals surface area contributed by atoms with Crippen molar-refractivity contribution in [2.24, 2.45) is 5.92 Å². The predicted molar refractivity (Wildman–Crippen MR) is 65.6 cm³/mol. The van der Waals surface area contributed by atoms with Gasteiger partial charge >= 0.3 is 0 Å². The summed E-state index contributed by atoms with van der Waals surface area (Å²) < 4.78 is 5.12. The van der Waals surface area contributed by atoms with Crippen molar-refractivity contribution in [3.63, 3.8) is 0 Å². The molecule has 2 nitrogen and oxygen atoms in total. The second-order valence-electron chi connectivity index (χ2n) is 4.49. The Morgan fingerprint density at radius 2 is 1.93 bits per heavy atom. The second-order valence-corrected chi connectivity index (χ2v) is 4.86. The van der Waals surface area contributed by atoms with E-state index in [9.17, 15) is 0 Å². The van der Waals surface area contributed by atoms with Gasteiger partial charge < -0.3 is 4.74 Å². The molecule has 0 aliphatic heterocycles. The maximum atomic E-state index is 5.81. The van der Waals surface area contributed by atoms with E-state index in [1.54, 1.807) is 7.11 Å². The van der Waals surface area contributed by atoms with Gasteiger partial charge in [0.1, 0.15) is 0 Å². The highest BCUT2D eigenvalue weighted by Gasteiger charge is 2.16. The lowest BCUT2D eigenvalue weighted by Gasteiger charge is -2.29. The number of hydrogen-bond donors (Lipinski definition) is 0. The fraction of sp³-hybridized carbons (Fsp3) is 1.00. The topological polar surface area (TPSA) is 12.5 Å². The molecule has 0 spiro atoms. The molecule has 1 fully saturated rings. The minimum atomic E-state index is 0.733. The Morgan fingerprint density at radius 1 is 1.20 bits per heavy atom. The van der Waals surface area contributed by atoms with Gasteiger partial charge in [0.05, 0.1) is 6.61 Å². The van der Waals surface area contributed by atoms with Gasteiger partial charge in [-0.25, -0.2) is 0 Å². The number of nitrogens with zero attached hydrogens (tertiary/aromatic N) is 1. The average Bonchev–Trinajstić information content (AvgIpc) is 2.28. The molecule has 0 saturated heterocycles. The molecule has 0 atom stereocenters. The first-order valence-electron chi connectivity index (χ1n) is 6.14. The Hall–Kier alpha value is 0.210. The van der Waals surface area contributed by atoms with Crippen LogP contribution >= 0.6 is 11.6 Å². The van der Waals surface area contributed by atoms with E-state index in [0.717, 1.165) is 31.5 Å². The maximum absolute atomic E-state index is 5.81. The van der Waals surface area contributed by atoms with Gasteiger partial charge in [0, 0.05) is 32.6 Å². The van der Waals surface area contributed by atoms with Gasteiger partial charge in [-0.1, -0.05) is 19.3 Å². The Balaban J connectivity index is 2.21. The zero-order valence-electron chi connectivity index (χ0n) is 9.88. The van der Waals surface area contributed by atoms with E-state index in [2.05, 4.69) is 4.90 Å². The van der Waals surface area contributed by atoms with Gasteiger partial charge in [-0.15, -0.1) is 11.6 Å². The predicted octanol–water partition coefficient (Wildman–Crippen LogP) is 2.75. The lowest BCUT2D eigenvalue weighted by atomic mass is 9.89. The smallest absolute Gasteiger partial charge is 0.0589 e. The van der Waals surface area contributed by atoms with Crippen LogP contribution in [-0.4, -0.2) is 44.1 Å². The van der Waals surface area contributed by atoms with Crippen molar-refractivity contribution < 1.29 is 4.74 Å². The fourth-order valence-electron chi connectivity index (χ4n) is 2.37. The number of alkyl halides is 1. The Bertz CT molecular complexity index is 149. The van der Waals surface area contributed by atoms with E-state index in [4.69, 9.17) is 16.3 Å². The van der Waals surface area contributed by atoms with Gasteiger partial charge in [-0.05, 0) is 18.8 Å². The third kappa shape index (κ3) is 5.74. The van der Waals surface area contributed by atoms with Crippen LogP contribution in [0, 0.1) is 5.92 Å². The number of ether oxygens (including phenoxy) is 1. The summed E-state index contributed by atoms with van der Waals surface area (Å²) in [5.74, 6) is 1.63. The summed E-state index contributed by atoms with van der Waals surface area (Å²) in [6.45, 7) is 4.07. The Kier molecular flexibility index (Phi) is 7.41. The van der Waals surface area contributed by atoms with Gasteiger partial charge in [-0.2, -0.15) is 0 Å². The summed E-state index contributed by atoms with van der Waals surface area (Å²) in [5, 5.41) is 0. The van der Waals surface area contributed by atoms with Crippen LogP contribution in [-0.2, 0) is 4.74 Å². The minimum Gasteiger partial charge on any atom is -0.383 e. The molecular weight excluding hydrogens is 210 g/mol. The van der Waals surface area contributed by atoms with Crippen molar-refractivity contribution in [3.8, 4) is 0 Å². The van der Waals surface area contributed by atoms with Gasteiger partial charge in [0.2, 0.25) is 0 Å². The van der Waals surface area contributed by atoms with Crippen LogP contribution in [0.25, 0.3) is 0 Å². The highest BCUT2D eigenvalue weighted by molar-refractivity contribution is 6.18. The molecule has 0 aromatic carbocycles. The third-order valence-electron chi connectivity index (χ3n) is 3.25. The largest absolute Gasteiger partial charge is 0.383 e. The Morgan fingerprint density at radius 3 is 2.53 bits per heavy atom. The quantitative estimate of drug-likeness (QED) is 0.627. The first-order valence-corrected chi connectivity index (χ1v) is 6.67. The lowest BCUT2D eigenvalue weighted by molar-refractivity contribution is 0.133. The molecule has 1 aliphatic rings. The normalized spacial score (nSPS) is 18.6. The van der Waals surface area contributed by atoms with Crippen LogP contribution in [0.4, 0.5) is 0 Å². The zero-order valence-corrected chi connectivity index (χ0v) is 10.6. The summed E-state index contributed by atoms with van der Waals surface area (Å²) in [5.41, 5.74) is 0. The number of hydrogen-bond acceptors (Lipinski definition) is 2. The molecule has 90 valence electrons. The van der Waals surface area contributed by atoms with Gasteiger partial charge in [0.15, 0.2) is 0 Å². The van der Waals surface area contributed by atoms with Gasteiger partial charge in [-0.3, -0.25) is 4.90 Å². The molecule has 0 N–H and O–H groups in total. The number of methoxy groups -OCH3 is 1. The van der Waals surface area contributed by atoms with Crippen LogP contribution < -0.4 is 0 Å². The van der Waals surface area contributed by atoms with E-state index in [-0.39, 0.29) is 0 Å². The van der Waals surface area contributed by atoms with E-state index in [1.165, 1.54) is 38.6 Å². The Labute approximate surface area is 98.9 Å². The highest BCUT2D eigenvalue weighted by Crippen LogP contribution is 2.24. The first kappa shape index (κ1) is 13.3. The molecule has 0 unspecified atom stereocenters. The second kappa shape index (κ2) is 8.37. The van der Waals surface area contributed by atoms with Crippen LogP contribution in [0.5, 0.6) is 0 Å².